The number of hydrogen-bond acceptors (Lipinski definition) is 10. The number of anilines is 4. The predicted molar refractivity (Wildman–Crippen MR) is 156 cm³/mol. The van der Waals surface area contributed by atoms with Gasteiger partial charge in [0, 0.05) is 12.6 Å². The molecular formula is C29H23FN8O6. The Hall–Kier alpha value is -6.12. The van der Waals surface area contributed by atoms with E-state index in [4.69, 9.17) is 11.5 Å². The van der Waals surface area contributed by atoms with Gasteiger partial charge in [-0.2, -0.15) is 5.10 Å². The lowest BCUT2D eigenvalue weighted by molar-refractivity contribution is 0.0696. The number of aromatic nitrogens is 3. The van der Waals surface area contributed by atoms with E-state index in [0.29, 0.717) is 18.4 Å². The standard InChI is InChI=1S/C29H23FN8O6/c30-16-5-1-12(7-19(16)35-23-22(32)24(39)25(23)40)10-33-28(42)21-9-20(36-26-17(31)11-34-38(21)26)27(41)37-18-6-3-13-8-14(29(43)44)2-4-15(13)18/h1-2,4-5,7-9,11,18,35H,3,6,10,31-32H2,(H,33,42)(H,37,41)(H,43,44)/t18-/m0/s1. The summed E-state index contributed by atoms with van der Waals surface area (Å²) in [5.74, 6) is -2.97. The average molecular weight is 599 g/mol. The van der Waals surface area contributed by atoms with E-state index in [2.05, 4.69) is 26.0 Å². The summed E-state index contributed by atoms with van der Waals surface area (Å²) in [6, 6.07) is 9.49. The van der Waals surface area contributed by atoms with Gasteiger partial charge >= 0.3 is 5.97 Å². The second-order valence-electron chi connectivity index (χ2n) is 10.2. The summed E-state index contributed by atoms with van der Waals surface area (Å²) in [5, 5.41) is 21.4. The second kappa shape index (κ2) is 10.6. The zero-order chi connectivity index (χ0) is 31.3. The van der Waals surface area contributed by atoms with Crippen LogP contribution < -0.4 is 38.3 Å². The topological polar surface area (TPSA) is 224 Å². The first-order valence-electron chi connectivity index (χ1n) is 13.3. The number of hydrogen-bond donors (Lipinski definition) is 6. The van der Waals surface area contributed by atoms with Crippen LogP contribution in [-0.4, -0.2) is 37.5 Å². The van der Waals surface area contributed by atoms with Gasteiger partial charge in [0.05, 0.1) is 29.2 Å². The summed E-state index contributed by atoms with van der Waals surface area (Å²) in [5.41, 5.74) is 11.5. The Morgan fingerprint density at radius 3 is 2.59 bits per heavy atom. The molecule has 0 saturated carbocycles. The minimum Gasteiger partial charge on any atom is -0.478 e. The van der Waals surface area contributed by atoms with Crippen molar-refractivity contribution in [2.24, 2.45) is 0 Å². The van der Waals surface area contributed by atoms with Crippen molar-refractivity contribution in [1.29, 1.82) is 0 Å². The number of nitrogens with zero attached hydrogens (tertiary/aromatic N) is 3. The van der Waals surface area contributed by atoms with E-state index in [1.807, 2.05) is 0 Å². The number of benzene rings is 2. The molecule has 1 aliphatic rings. The first-order chi connectivity index (χ1) is 21.0. The fraction of sp³-hybridized carbons (Fsp3) is 0.138. The maximum atomic E-state index is 14.4. The zero-order valence-corrected chi connectivity index (χ0v) is 22.7. The van der Waals surface area contributed by atoms with E-state index in [0.717, 1.165) is 17.2 Å². The van der Waals surface area contributed by atoms with Gasteiger partial charge in [-0.1, -0.05) is 12.1 Å². The van der Waals surface area contributed by atoms with Crippen molar-refractivity contribution >= 4 is 46.2 Å². The smallest absolute Gasteiger partial charge is 0.335 e. The first-order valence-corrected chi connectivity index (χ1v) is 13.3. The number of amides is 2. The maximum Gasteiger partial charge on any atom is 0.335 e. The molecule has 0 radical (unpaired) electrons. The van der Waals surface area contributed by atoms with Crippen molar-refractivity contribution in [1.82, 2.24) is 25.2 Å². The molecule has 0 bridgehead atoms. The normalized spacial score (nSPS) is 14.0. The Balaban J connectivity index is 1.21. The summed E-state index contributed by atoms with van der Waals surface area (Å²) in [7, 11) is 0. The van der Waals surface area contributed by atoms with Crippen LogP contribution in [0.4, 0.5) is 27.1 Å². The zero-order valence-electron chi connectivity index (χ0n) is 22.7. The quantitative estimate of drug-likeness (QED) is 0.140. The molecule has 0 spiro atoms. The van der Waals surface area contributed by atoms with Crippen molar-refractivity contribution in [3.63, 3.8) is 0 Å². The molecule has 1 aliphatic carbocycles. The van der Waals surface area contributed by atoms with Gasteiger partial charge in [0.2, 0.25) is 0 Å². The fourth-order valence-corrected chi connectivity index (χ4v) is 5.11. The fourth-order valence-electron chi connectivity index (χ4n) is 5.11. The van der Waals surface area contributed by atoms with E-state index in [1.54, 1.807) is 12.1 Å². The highest BCUT2D eigenvalue weighted by atomic mass is 19.1. The number of carbonyl (C=O) groups is 3. The number of nitrogens with one attached hydrogen (secondary N) is 3. The Kier molecular flexibility index (Phi) is 6.76. The molecule has 222 valence electrons. The van der Waals surface area contributed by atoms with E-state index in [-0.39, 0.29) is 51.9 Å². The SMILES string of the molecule is Nc1c(Nc2cc(CNC(=O)c3cc(C(=O)N[C@H]4CCc5cc(C(=O)O)ccc54)nc4c(N)cnn34)ccc2F)c(=O)c1=O. The molecule has 5 aromatic rings. The highest BCUT2D eigenvalue weighted by Crippen LogP contribution is 2.32. The molecule has 3 aromatic carbocycles. The number of halogens is 1. The van der Waals surface area contributed by atoms with Crippen LogP contribution in [0.5, 0.6) is 0 Å². The van der Waals surface area contributed by atoms with Gasteiger partial charge in [-0.3, -0.25) is 19.2 Å². The van der Waals surface area contributed by atoms with Gasteiger partial charge in [-0.05, 0) is 53.8 Å². The van der Waals surface area contributed by atoms with Crippen LogP contribution in [0, 0.1) is 5.82 Å². The molecule has 0 saturated heterocycles. The van der Waals surface area contributed by atoms with Crippen LogP contribution >= 0.6 is 0 Å². The number of aromatic carboxylic acids is 1. The molecule has 1 atom stereocenters. The van der Waals surface area contributed by atoms with Gasteiger partial charge in [-0.25, -0.2) is 18.7 Å². The van der Waals surface area contributed by atoms with Crippen LogP contribution in [0.2, 0.25) is 0 Å². The van der Waals surface area contributed by atoms with Crippen LogP contribution in [0.15, 0.2) is 58.3 Å². The predicted octanol–water partition coefficient (Wildman–Crippen LogP) is 1.42. The number of carbonyl (C=O) groups excluding carboxylic acids is 2. The van der Waals surface area contributed by atoms with Crippen LogP contribution in [0.1, 0.15) is 60.5 Å². The molecule has 0 aliphatic heterocycles. The Morgan fingerprint density at radius 2 is 1.84 bits per heavy atom. The molecule has 14 nitrogen and oxygen atoms in total. The summed E-state index contributed by atoms with van der Waals surface area (Å²) in [4.78, 5) is 65.3. The van der Waals surface area contributed by atoms with E-state index in [9.17, 15) is 33.5 Å². The lowest BCUT2D eigenvalue weighted by Crippen LogP contribution is -2.36. The van der Waals surface area contributed by atoms with Gasteiger partial charge in [0.15, 0.2) is 5.65 Å². The van der Waals surface area contributed by atoms with Crippen molar-refractivity contribution in [2.45, 2.75) is 25.4 Å². The second-order valence-corrected chi connectivity index (χ2v) is 10.2. The number of fused-ring (bicyclic) bond motifs is 2. The summed E-state index contributed by atoms with van der Waals surface area (Å²) >= 11 is 0. The molecule has 0 unspecified atom stereocenters. The van der Waals surface area contributed by atoms with E-state index in [1.165, 1.54) is 35.0 Å². The molecule has 2 aromatic heterocycles. The summed E-state index contributed by atoms with van der Waals surface area (Å²) < 4.78 is 15.6. The number of nitrogen functional groups attached to an aromatic ring is 2. The van der Waals surface area contributed by atoms with Crippen LogP contribution in [0.25, 0.3) is 5.65 Å². The lowest BCUT2D eigenvalue weighted by atomic mass is 10.0. The number of carboxylic acid groups (broad SMARTS) is 1. The number of aryl methyl sites for hydroxylation is 1. The summed E-state index contributed by atoms with van der Waals surface area (Å²) in [6.45, 7) is -0.0888. The molecule has 0 fully saturated rings. The number of nitrogens with two attached hydrogens (primary N) is 2. The van der Waals surface area contributed by atoms with Crippen LogP contribution in [-0.2, 0) is 13.0 Å². The molecule has 6 rings (SSSR count). The van der Waals surface area contributed by atoms with Gasteiger partial charge in [0.25, 0.3) is 22.7 Å². The Bertz CT molecular complexity index is 2100. The minimum atomic E-state index is -1.04. The Labute approximate surface area is 246 Å². The molecule has 2 heterocycles. The number of rotatable bonds is 8. The third-order valence-electron chi connectivity index (χ3n) is 7.43. The molecule has 8 N–H and O–H groups in total. The van der Waals surface area contributed by atoms with Crippen molar-refractivity contribution in [3.8, 4) is 0 Å². The lowest BCUT2D eigenvalue weighted by Gasteiger charge is -2.15. The van der Waals surface area contributed by atoms with Gasteiger partial charge < -0.3 is 32.5 Å². The third kappa shape index (κ3) is 4.85. The van der Waals surface area contributed by atoms with Crippen molar-refractivity contribution in [3.05, 3.63) is 109 Å². The molecular weight excluding hydrogens is 575 g/mol. The van der Waals surface area contributed by atoms with Gasteiger partial charge in [0.1, 0.15) is 28.6 Å². The molecule has 44 heavy (non-hydrogen) atoms. The number of carboxylic acids is 1. The van der Waals surface area contributed by atoms with Crippen molar-refractivity contribution in [2.75, 3.05) is 16.8 Å². The summed E-state index contributed by atoms with van der Waals surface area (Å²) in [6.07, 6.45) is 2.42. The van der Waals surface area contributed by atoms with E-state index >= 15 is 0 Å². The molecule has 15 heteroatoms. The molecule has 2 amide bonds. The van der Waals surface area contributed by atoms with Crippen molar-refractivity contribution < 1.29 is 23.9 Å². The largest absolute Gasteiger partial charge is 0.478 e. The maximum absolute atomic E-state index is 14.4. The highest BCUT2D eigenvalue weighted by Gasteiger charge is 2.27. The third-order valence-corrected chi connectivity index (χ3v) is 7.43. The average Bonchev–Trinajstić information content (AvgIpc) is 3.60. The van der Waals surface area contributed by atoms with Gasteiger partial charge in [-0.15, -0.1) is 0 Å². The van der Waals surface area contributed by atoms with Crippen LogP contribution in [0.3, 0.4) is 0 Å². The minimum absolute atomic E-state index is 0.0493. The first kappa shape index (κ1) is 28.0. The monoisotopic (exact) mass is 598 g/mol. The Morgan fingerprint density at radius 1 is 1.05 bits per heavy atom. The highest BCUT2D eigenvalue weighted by molar-refractivity contribution is 5.99. The van der Waals surface area contributed by atoms with E-state index < -0.39 is 40.5 Å².